The molecule has 1 saturated heterocycles. The van der Waals surface area contributed by atoms with E-state index in [4.69, 9.17) is 14.2 Å². The molecule has 0 aliphatic carbocycles. The van der Waals surface area contributed by atoms with Gasteiger partial charge in [0, 0.05) is 30.9 Å². The Hall–Kier alpha value is -2.06. The van der Waals surface area contributed by atoms with Crippen LogP contribution >= 0.6 is 24.8 Å². The normalized spacial score (nSPS) is 15.7. The van der Waals surface area contributed by atoms with Crippen molar-refractivity contribution in [1.29, 1.82) is 0 Å². The summed E-state index contributed by atoms with van der Waals surface area (Å²) < 4.78 is 16.3. The molecule has 1 aromatic heterocycles. The zero-order valence-electron chi connectivity index (χ0n) is 14.8. The number of rotatable bonds is 6. The molecule has 1 unspecified atom stereocenters. The average molecular weight is 416 g/mol. The Morgan fingerprint density at radius 1 is 1.30 bits per heavy atom. The number of benzene rings is 1. The second-order valence-corrected chi connectivity index (χ2v) is 5.55. The predicted octanol–water partition coefficient (Wildman–Crippen LogP) is 2.33. The van der Waals surface area contributed by atoms with E-state index in [-0.39, 0.29) is 36.8 Å². The summed E-state index contributed by atoms with van der Waals surface area (Å²) in [6.07, 6.45) is 1.65. The molecular formula is C18H23Cl2N3O4. The summed E-state index contributed by atoms with van der Waals surface area (Å²) in [5.41, 5.74) is 0.787. The molecule has 27 heavy (non-hydrogen) atoms. The average Bonchev–Trinajstić information content (AvgIpc) is 2.68. The highest BCUT2D eigenvalue weighted by atomic mass is 35.5. The number of pyridine rings is 1. The van der Waals surface area contributed by atoms with Crippen LogP contribution in [0.5, 0.6) is 17.4 Å². The van der Waals surface area contributed by atoms with E-state index >= 15 is 0 Å². The lowest BCUT2D eigenvalue weighted by atomic mass is 10.2. The van der Waals surface area contributed by atoms with Crippen molar-refractivity contribution in [1.82, 2.24) is 15.6 Å². The molecule has 1 fully saturated rings. The van der Waals surface area contributed by atoms with Crippen LogP contribution in [0.3, 0.4) is 0 Å². The molecule has 2 N–H and O–H groups in total. The molecule has 0 saturated carbocycles. The number of nitrogens with zero attached hydrogens (tertiary/aromatic N) is 1. The smallest absolute Gasteiger partial charge is 0.239 e. The maximum absolute atomic E-state index is 12.2. The molecule has 1 aliphatic heterocycles. The van der Waals surface area contributed by atoms with Gasteiger partial charge in [-0.1, -0.05) is 12.1 Å². The first-order chi connectivity index (χ1) is 12.3. The minimum absolute atomic E-state index is 0. The van der Waals surface area contributed by atoms with Gasteiger partial charge in [-0.15, -0.1) is 24.8 Å². The van der Waals surface area contributed by atoms with Crippen LogP contribution in [0.4, 0.5) is 0 Å². The van der Waals surface area contributed by atoms with Gasteiger partial charge in [-0.05, 0) is 18.2 Å². The zero-order valence-corrected chi connectivity index (χ0v) is 16.5. The Morgan fingerprint density at radius 3 is 2.85 bits per heavy atom. The SMILES string of the molecule is COc1cccc(Oc2ncccc2CNC(=O)C2COCCN2)c1.Cl.Cl. The highest BCUT2D eigenvalue weighted by Crippen LogP contribution is 2.26. The summed E-state index contributed by atoms with van der Waals surface area (Å²) in [6, 6.07) is 10.6. The number of carbonyl (C=O) groups excluding carboxylic acids is 1. The van der Waals surface area contributed by atoms with Crippen molar-refractivity contribution >= 4 is 30.7 Å². The highest BCUT2D eigenvalue weighted by Gasteiger charge is 2.21. The Kier molecular flexibility index (Phi) is 9.88. The number of hydrogen-bond donors (Lipinski definition) is 2. The van der Waals surface area contributed by atoms with Crippen molar-refractivity contribution in [3.63, 3.8) is 0 Å². The number of methoxy groups -OCH3 is 1. The minimum Gasteiger partial charge on any atom is -0.497 e. The van der Waals surface area contributed by atoms with Crippen molar-refractivity contribution in [2.75, 3.05) is 26.9 Å². The van der Waals surface area contributed by atoms with E-state index in [2.05, 4.69) is 15.6 Å². The van der Waals surface area contributed by atoms with Crippen LogP contribution in [0.15, 0.2) is 42.6 Å². The third-order valence-electron chi connectivity index (χ3n) is 3.80. The van der Waals surface area contributed by atoms with Crippen LogP contribution in [-0.4, -0.2) is 43.8 Å². The van der Waals surface area contributed by atoms with E-state index in [1.165, 1.54) is 0 Å². The van der Waals surface area contributed by atoms with Gasteiger partial charge >= 0.3 is 0 Å². The van der Waals surface area contributed by atoms with Crippen molar-refractivity contribution in [2.45, 2.75) is 12.6 Å². The first-order valence-electron chi connectivity index (χ1n) is 8.11. The Balaban J connectivity index is 0.00000182. The summed E-state index contributed by atoms with van der Waals surface area (Å²) in [5.74, 6) is 1.67. The summed E-state index contributed by atoms with van der Waals surface area (Å²) in [4.78, 5) is 16.5. The Morgan fingerprint density at radius 2 is 2.11 bits per heavy atom. The molecule has 0 bridgehead atoms. The van der Waals surface area contributed by atoms with Gasteiger partial charge in [-0.25, -0.2) is 4.98 Å². The molecule has 1 aliphatic rings. The van der Waals surface area contributed by atoms with E-state index in [0.29, 0.717) is 43.7 Å². The molecule has 3 rings (SSSR count). The number of morpholine rings is 1. The van der Waals surface area contributed by atoms with Gasteiger partial charge in [0.05, 0.1) is 20.3 Å². The Labute approximate surface area is 170 Å². The van der Waals surface area contributed by atoms with Crippen molar-refractivity contribution in [3.05, 3.63) is 48.2 Å². The van der Waals surface area contributed by atoms with E-state index in [1.807, 2.05) is 30.3 Å². The van der Waals surface area contributed by atoms with Crippen LogP contribution in [-0.2, 0) is 16.1 Å². The molecule has 2 heterocycles. The lowest BCUT2D eigenvalue weighted by molar-refractivity contribution is -0.126. The number of carbonyl (C=O) groups is 1. The van der Waals surface area contributed by atoms with Crippen LogP contribution in [0.25, 0.3) is 0 Å². The molecule has 1 aromatic carbocycles. The molecule has 0 spiro atoms. The number of ether oxygens (including phenoxy) is 3. The van der Waals surface area contributed by atoms with E-state index in [9.17, 15) is 4.79 Å². The monoisotopic (exact) mass is 415 g/mol. The number of aromatic nitrogens is 1. The maximum Gasteiger partial charge on any atom is 0.239 e. The van der Waals surface area contributed by atoms with Crippen molar-refractivity contribution in [2.24, 2.45) is 0 Å². The summed E-state index contributed by atoms with van der Waals surface area (Å²) in [7, 11) is 1.60. The van der Waals surface area contributed by atoms with E-state index in [0.717, 1.165) is 5.56 Å². The first kappa shape index (κ1) is 23.0. The fraction of sp³-hybridized carbons (Fsp3) is 0.333. The quantitative estimate of drug-likeness (QED) is 0.753. The molecular weight excluding hydrogens is 393 g/mol. The zero-order chi connectivity index (χ0) is 17.5. The molecule has 7 nitrogen and oxygen atoms in total. The molecule has 1 amide bonds. The van der Waals surface area contributed by atoms with Crippen LogP contribution < -0.4 is 20.1 Å². The fourth-order valence-corrected chi connectivity index (χ4v) is 2.47. The second kappa shape index (κ2) is 11.6. The first-order valence-corrected chi connectivity index (χ1v) is 8.11. The molecule has 9 heteroatoms. The molecule has 2 aromatic rings. The van der Waals surface area contributed by atoms with Gasteiger partial charge in [0.2, 0.25) is 11.8 Å². The van der Waals surface area contributed by atoms with Gasteiger partial charge in [0.25, 0.3) is 0 Å². The van der Waals surface area contributed by atoms with Crippen LogP contribution in [0.2, 0.25) is 0 Å². The van der Waals surface area contributed by atoms with Gasteiger partial charge in [-0.2, -0.15) is 0 Å². The third-order valence-corrected chi connectivity index (χ3v) is 3.80. The third kappa shape index (κ3) is 6.55. The Bertz CT molecular complexity index is 727. The van der Waals surface area contributed by atoms with Gasteiger partial charge in [-0.3, -0.25) is 4.79 Å². The van der Waals surface area contributed by atoms with Crippen LogP contribution in [0.1, 0.15) is 5.56 Å². The lowest BCUT2D eigenvalue weighted by Crippen LogP contribution is -2.51. The second-order valence-electron chi connectivity index (χ2n) is 5.55. The summed E-state index contributed by atoms with van der Waals surface area (Å²) in [6.45, 7) is 2.01. The molecule has 1 atom stereocenters. The van der Waals surface area contributed by atoms with Gasteiger partial charge in [0.1, 0.15) is 17.5 Å². The molecule has 148 valence electrons. The topological polar surface area (TPSA) is 81.7 Å². The van der Waals surface area contributed by atoms with Crippen LogP contribution in [0, 0.1) is 0 Å². The molecule has 0 radical (unpaired) electrons. The van der Waals surface area contributed by atoms with E-state index in [1.54, 1.807) is 19.4 Å². The minimum atomic E-state index is -0.326. The number of halogens is 2. The van der Waals surface area contributed by atoms with Crippen molar-refractivity contribution in [3.8, 4) is 17.4 Å². The predicted molar refractivity (Wildman–Crippen MR) is 106 cm³/mol. The lowest BCUT2D eigenvalue weighted by Gasteiger charge is -2.23. The number of hydrogen-bond acceptors (Lipinski definition) is 6. The van der Waals surface area contributed by atoms with E-state index < -0.39 is 0 Å². The van der Waals surface area contributed by atoms with Gasteiger partial charge < -0.3 is 24.8 Å². The summed E-state index contributed by atoms with van der Waals surface area (Å²) in [5, 5.41) is 6.02. The standard InChI is InChI=1S/C18H21N3O4.2ClH/c1-23-14-5-2-6-15(10-14)25-18-13(4-3-7-20-18)11-21-17(22)16-12-24-9-8-19-16;;/h2-7,10,16,19H,8-9,11-12H2,1H3,(H,21,22);2*1H. The highest BCUT2D eigenvalue weighted by molar-refractivity contribution is 5.85. The largest absolute Gasteiger partial charge is 0.497 e. The van der Waals surface area contributed by atoms with Crippen molar-refractivity contribution < 1.29 is 19.0 Å². The summed E-state index contributed by atoms with van der Waals surface area (Å²) >= 11 is 0. The maximum atomic E-state index is 12.2. The fourth-order valence-electron chi connectivity index (χ4n) is 2.47. The van der Waals surface area contributed by atoms with Gasteiger partial charge in [0.15, 0.2) is 0 Å². The number of nitrogens with one attached hydrogen (secondary N) is 2. The number of amides is 1.